The molecule has 0 fully saturated rings. The van der Waals surface area contributed by atoms with Crippen LogP contribution in [0.4, 0.5) is 0 Å². The fourth-order valence-corrected chi connectivity index (χ4v) is 0.618. The van der Waals surface area contributed by atoms with Crippen molar-refractivity contribution in [3.63, 3.8) is 0 Å². The summed E-state index contributed by atoms with van der Waals surface area (Å²) in [6, 6.07) is 0. The Balaban J connectivity index is 3.05. The van der Waals surface area contributed by atoms with Crippen molar-refractivity contribution < 1.29 is 0 Å². The van der Waals surface area contributed by atoms with Gasteiger partial charge >= 0.3 is 0 Å². The topological polar surface area (TPSA) is 25.8 Å². The predicted octanol–water partition coefficient (Wildman–Crippen LogP) is 1.09. The zero-order chi connectivity index (χ0) is 4.41. The molecule has 4 heteroatoms. The maximum atomic E-state index is 4.59. The van der Waals surface area contributed by atoms with Crippen LogP contribution in [0.1, 0.15) is 0 Å². The molecule has 0 bridgehead atoms. The van der Waals surface area contributed by atoms with Crippen molar-refractivity contribution in [3.05, 3.63) is 5.51 Å². The number of hydrogen-bond donors (Lipinski definition) is 0. The van der Waals surface area contributed by atoms with E-state index in [9.17, 15) is 0 Å². The monoisotopic (exact) mass is 117 g/mol. The molecule has 0 aromatic carbocycles. The van der Waals surface area contributed by atoms with Crippen LogP contribution in [0.15, 0.2) is 9.85 Å². The molecule has 0 amide bonds. The van der Waals surface area contributed by atoms with Crippen LogP contribution in [0, 0.1) is 0 Å². The minimum absolute atomic E-state index is 0.606. The van der Waals surface area contributed by atoms with E-state index in [0.717, 1.165) is 0 Å². The standard InChI is InChI=1S/C2HN2S2/c5-2-4-3-1-6-2/h1H. The Morgan fingerprint density at radius 1 is 1.83 bits per heavy atom. The number of hydrogen-bond acceptors (Lipinski definition) is 3. The minimum Gasteiger partial charge on any atom is -0.146 e. The van der Waals surface area contributed by atoms with Crippen molar-refractivity contribution in [2.75, 3.05) is 0 Å². The van der Waals surface area contributed by atoms with Crippen LogP contribution in [0.2, 0.25) is 0 Å². The third kappa shape index (κ3) is 0.636. The Labute approximate surface area is 44.6 Å². The minimum atomic E-state index is 0.606. The Morgan fingerprint density at radius 3 is 2.83 bits per heavy atom. The van der Waals surface area contributed by atoms with Crippen LogP contribution in [0.5, 0.6) is 0 Å². The molecule has 1 aromatic rings. The van der Waals surface area contributed by atoms with E-state index >= 15 is 0 Å². The van der Waals surface area contributed by atoms with Gasteiger partial charge in [0.1, 0.15) is 5.51 Å². The number of nitrogens with zero attached hydrogens (tertiary/aromatic N) is 2. The SMILES string of the molecule is [S]c1nncs1. The molecule has 0 saturated heterocycles. The zero-order valence-corrected chi connectivity index (χ0v) is 4.42. The van der Waals surface area contributed by atoms with Gasteiger partial charge in [-0.15, -0.1) is 10.2 Å². The average Bonchev–Trinajstić information content (AvgIpc) is 1.86. The van der Waals surface area contributed by atoms with Gasteiger partial charge in [-0.05, 0) is 12.6 Å². The van der Waals surface area contributed by atoms with E-state index in [4.69, 9.17) is 0 Å². The van der Waals surface area contributed by atoms with Crippen LogP contribution in [-0.2, 0) is 0 Å². The Bertz CT molecular complexity index is 113. The molecule has 1 aromatic heterocycles. The molecule has 0 atom stereocenters. The molecule has 1 radical (unpaired) electrons. The van der Waals surface area contributed by atoms with E-state index in [0.29, 0.717) is 4.34 Å². The molecule has 0 N–H and O–H groups in total. The fraction of sp³-hybridized carbons (Fsp3) is 0. The highest BCUT2D eigenvalue weighted by Gasteiger charge is 1.81. The van der Waals surface area contributed by atoms with Crippen molar-refractivity contribution in [2.24, 2.45) is 0 Å². The highest BCUT2D eigenvalue weighted by molar-refractivity contribution is 7.82. The van der Waals surface area contributed by atoms with E-state index in [1.165, 1.54) is 11.3 Å². The van der Waals surface area contributed by atoms with Gasteiger partial charge in [-0.3, -0.25) is 0 Å². The first-order valence-corrected chi connectivity index (χ1v) is 2.61. The largest absolute Gasteiger partial charge is 0.204 e. The second-order valence-electron chi connectivity index (χ2n) is 0.705. The molecule has 0 aliphatic rings. The third-order valence-electron chi connectivity index (χ3n) is 0.340. The lowest BCUT2D eigenvalue weighted by molar-refractivity contribution is 1.01. The number of aromatic nitrogens is 2. The molecule has 0 saturated carbocycles. The summed E-state index contributed by atoms with van der Waals surface area (Å²) in [4.78, 5) is 0. The Morgan fingerprint density at radius 2 is 2.67 bits per heavy atom. The fourth-order valence-electron chi connectivity index (χ4n) is 0.163. The van der Waals surface area contributed by atoms with Crippen molar-refractivity contribution in [1.29, 1.82) is 0 Å². The lowest BCUT2D eigenvalue weighted by Crippen LogP contribution is -1.59. The first kappa shape index (κ1) is 3.95. The summed E-state index contributed by atoms with van der Waals surface area (Å²) in [6.45, 7) is 0. The molecule has 1 rings (SSSR count). The summed E-state index contributed by atoms with van der Waals surface area (Å²) < 4.78 is 0.606. The highest BCUT2D eigenvalue weighted by atomic mass is 32.2. The second-order valence-corrected chi connectivity index (χ2v) is 2.18. The molecular weight excluding hydrogens is 116 g/mol. The highest BCUT2D eigenvalue weighted by Crippen LogP contribution is 2.03. The van der Waals surface area contributed by atoms with Gasteiger partial charge in [0.05, 0.1) is 0 Å². The van der Waals surface area contributed by atoms with Crippen LogP contribution >= 0.6 is 24.0 Å². The third-order valence-corrected chi connectivity index (χ3v) is 1.19. The quantitative estimate of drug-likeness (QED) is 0.508. The molecular formula is C2HN2S2. The summed E-state index contributed by atoms with van der Waals surface area (Å²) >= 11 is 5.96. The van der Waals surface area contributed by atoms with Crippen LogP contribution in [0.3, 0.4) is 0 Å². The molecule has 6 heavy (non-hydrogen) atoms. The second kappa shape index (κ2) is 1.49. The van der Waals surface area contributed by atoms with Gasteiger partial charge in [0.15, 0.2) is 0 Å². The smallest absolute Gasteiger partial charge is 0.146 e. The van der Waals surface area contributed by atoms with E-state index in [1.807, 2.05) is 0 Å². The van der Waals surface area contributed by atoms with Crippen LogP contribution in [0.25, 0.3) is 0 Å². The van der Waals surface area contributed by atoms with Gasteiger partial charge in [-0.25, -0.2) is 0 Å². The van der Waals surface area contributed by atoms with Crippen molar-refractivity contribution >= 4 is 24.0 Å². The maximum Gasteiger partial charge on any atom is 0.204 e. The van der Waals surface area contributed by atoms with Gasteiger partial charge in [-0.1, -0.05) is 11.3 Å². The van der Waals surface area contributed by atoms with E-state index in [2.05, 4.69) is 22.8 Å². The van der Waals surface area contributed by atoms with Crippen molar-refractivity contribution in [1.82, 2.24) is 10.2 Å². The Kier molecular flexibility index (Phi) is 0.979. The van der Waals surface area contributed by atoms with Gasteiger partial charge in [0, 0.05) is 0 Å². The van der Waals surface area contributed by atoms with E-state index in [1.54, 1.807) is 5.51 Å². The molecule has 31 valence electrons. The summed E-state index contributed by atoms with van der Waals surface area (Å²) in [5.74, 6) is 0. The van der Waals surface area contributed by atoms with Gasteiger partial charge in [0.2, 0.25) is 4.34 Å². The van der Waals surface area contributed by atoms with Crippen molar-refractivity contribution in [3.8, 4) is 0 Å². The molecule has 2 nitrogen and oxygen atoms in total. The van der Waals surface area contributed by atoms with Crippen LogP contribution in [-0.4, -0.2) is 10.2 Å². The van der Waals surface area contributed by atoms with Gasteiger partial charge in [-0.2, -0.15) is 0 Å². The summed E-state index contributed by atoms with van der Waals surface area (Å²) in [5.41, 5.74) is 1.61. The zero-order valence-electron chi connectivity index (χ0n) is 2.79. The molecule has 0 spiro atoms. The summed E-state index contributed by atoms with van der Waals surface area (Å²) in [5, 5.41) is 6.99. The molecule has 1 heterocycles. The lowest BCUT2D eigenvalue weighted by Gasteiger charge is -1.58. The maximum absolute atomic E-state index is 4.59. The lowest BCUT2D eigenvalue weighted by atomic mass is 11.6. The first-order chi connectivity index (χ1) is 2.89. The molecule has 0 aliphatic carbocycles. The molecule has 0 unspecified atom stereocenters. The van der Waals surface area contributed by atoms with E-state index in [-0.39, 0.29) is 0 Å². The Hall–Kier alpha value is -0.220. The summed E-state index contributed by atoms with van der Waals surface area (Å²) in [6.07, 6.45) is 0. The van der Waals surface area contributed by atoms with Gasteiger partial charge in [0.25, 0.3) is 0 Å². The normalized spacial score (nSPS) is 8.67. The average molecular weight is 117 g/mol. The van der Waals surface area contributed by atoms with E-state index < -0.39 is 0 Å². The molecule has 0 aliphatic heterocycles. The summed E-state index contributed by atoms with van der Waals surface area (Å²) in [7, 11) is 0. The first-order valence-electron chi connectivity index (χ1n) is 1.33. The van der Waals surface area contributed by atoms with Crippen LogP contribution < -0.4 is 0 Å². The number of rotatable bonds is 0. The van der Waals surface area contributed by atoms with Crippen molar-refractivity contribution in [2.45, 2.75) is 4.34 Å². The van der Waals surface area contributed by atoms with Gasteiger partial charge < -0.3 is 0 Å². The predicted molar refractivity (Wildman–Crippen MR) is 25.8 cm³/mol.